The van der Waals surface area contributed by atoms with Crippen molar-refractivity contribution in [3.63, 3.8) is 0 Å². The largest absolute Gasteiger partial charge is 0.396 e. The van der Waals surface area contributed by atoms with E-state index in [1.54, 1.807) is 0 Å². The molecule has 0 fully saturated rings. The summed E-state index contributed by atoms with van der Waals surface area (Å²) in [4.78, 5) is 11.5. The van der Waals surface area contributed by atoms with Crippen LogP contribution in [-0.2, 0) is 4.79 Å². The van der Waals surface area contributed by atoms with Crippen LogP contribution in [0.2, 0.25) is 0 Å². The number of rotatable bonds is 5. The number of carbonyl (C=O) groups excluding carboxylic acids is 1. The van der Waals surface area contributed by atoms with Crippen LogP contribution < -0.4 is 0 Å². The second-order valence-corrected chi connectivity index (χ2v) is 4.94. The maximum absolute atomic E-state index is 11.5. The summed E-state index contributed by atoms with van der Waals surface area (Å²) in [6, 6.07) is 0. The topological polar surface area (TPSA) is 37.3 Å². The Morgan fingerprint density at radius 3 is 2.23 bits per heavy atom. The molecule has 0 spiro atoms. The first-order chi connectivity index (χ1) is 5.89. The van der Waals surface area contributed by atoms with Crippen LogP contribution in [0.1, 0.15) is 47.0 Å². The van der Waals surface area contributed by atoms with Gasteiger partial charge in [-0.05, 0) is 11.3 Å². The lowest BCUT2D eigenvalue weighted by atomic mass is 9.87. The number of carbonyl (C=O) groups is 1. The van der Waals surface area contributed by atoms with Gasteiger partial charge in [-0.1, -0.05) is 34.1 Å². The minimum absolute atomic E-state index is 0.0742. The van der Waals surface area contributed by atoms with Gasteiger partial charge in [0.2, 0.25) is 0 Å². The van der Waals surface area contributed by atoms with Crippen molar-refractivity contribution in [2.24, 2.45) is 11.3 Å². The van der Waals surface area contributed by atoms with Crippen LogP contribution in [0.25, 0.3) is 0 Å². The summed E-state index contributed by atoms with van der Waals surface area (Å²) in [6.45, 7) is 8.32. The normalized spacial score (nSPS) is 14.2. The highest BCUT2D eigenvalue weighted by Gasteiger charge is 2.18. The van der Waals surface area contributed by atoms with Gasteiger partial charge in [-0.2, -0.15) is 0 Å². The molecule has 0 heterocycles. The highest BCUT2D eigenvalue weighted by Crippen LogP contribution is 2.21. The van der Waals surface area contributed by atoms with E-state index in [4.69, 9.17) is 5.11 Å². The summed E-state index contributed by atoms with van der Waals surface area (Å²) in [5.41, 5.74) is 0.0742. The molecule has 0 radical (unpaired) electrons. The number of aliphatic hydroxyl groups excluding tert-OH is 1. The van der Waals surface area contributed by atoms with E-state index in [1.165, 1.54) is 0 Å². The first kappa shape index (κ1) is 12.6. The molecular weight excluding hydrogens is 164 g/mol. The molecule has 0 aromatic carbocycles. The summed E-state index contributed by atoms with van der Waals surface area (Å²) < 4.78 is 0. The van der Waals surface area contributed by atoms with Gasteiger partial charge in [0.15, 0.2) is 0 Å². The van der Waals surface area contributed by atoms with Crippen molar-refractivity contribution >= 4 is 5.78 Å². The zero-order valence-corrected chi connectivity index (χ0v) is 9.26. The van der Waals surface area contributed by atoms with Crippen LogP contribution in [-0.4, -0.2) is 17.5 Å². The summed E-state index contributed by atoms with van der Waals surface area (Å²) in [6.07, 6.45) is 2.03. The van der Waals surface area contributed by atoms with Crippen molar-refractivity contribution in [3.05, 3.63) is 0 Å². The quantitative estimate of drug-likeness (QED) is 0.716. The third-order valence-electron chi connectivity index (χ3n) is 2.08. The van der Waals surface area contributed by atoms with E-state index >= 15 is 0 Å². The predicted octanol–water partition coefficient (Wildman–Crippen LogP) is 2.40. The second kappa shape index (κ2) is 5.38. The Morgan fingerprint density at radius 2 is 1.92 bits per heavy atom. The summed E-state index contributed by atoms with van der Waals surface area (Å²) in [5.74, 6) is 0.434. The van der Waals surface area contributed by atoms with Gasteiger partial charge in [-0.25, -0.2) is 0 Å². The van der Waals surface area contributed by atoms with E-state index in [0.29, 0.717) is 12.8 Å². The molecule has 0 aliphatic heterocycles. The Labute approximate surface area is 81.3 Å². The molecule has 0 rings (SSSR count). The summed E-state index contributed by atoms with van der Waals surface area (Å²) in [7, 11) is 0. The SMILES string of the molecule is CCC(CO)CC(=O)CC(C)(C)C. The number of hydrogen-bond acceptors (Lipinski definition) is 2. The minimum atomic E-state index is 0.0742. The third-order valence-corrected chi connectivity index (χ3v) is 2.08. The van der Waals surface area contributed by atoms with Crippen molar-refractivity contribution < 1.29 is 9.90 Å². The molecule has 1 atom stereocenters. The number of hydrogen-bond donors (Lipinski definition) is 1. The fourth-order valence-corrected chi connectivity index (χ4v) is 1.32. The Kier molecular flexibility index (Phi) is 5.23. The molecule has 1 unspecified atom stereocenters. The molecule has 13 heavy (non-hydrogen) atoms. The zero-order chi connectivity index (χ0) is 10.5. The molecule has 0 aliphatic carbocycles. The lowest BCUT2D eigenvalue weighted by Crippen LogP contribution is -2.17. The van der Waals surface area contributed by atoms with E-state index in [1.807, 2.05) is 6.92 Å². The van der Waals surface area contributed by atoms with Gasteiger partial charge in [0.05, 0.1) is 0 Å². The summed E-state index contributed by atoms with van der Waals surface area (Å²) in [5, 5.41) is 8.92. The first-order valence-electron chi connectivity index (χ1n) is 5.01. The van der Waals surface area contributed by atoms with Gasteiger partial charge >= 0.3 is 0 Å². The van der Waals surface area contributed by atoms with Crippen molar-refractivity contribution in [1.29, 1.82) is 0 Å². The second-order valence-electron chi connectivity index (χ2n) is 4.94. The maximum Gasteiger partial charge on any atom is 0.133 e. The van der Waals surface area contributed by atoms with Gasteiger partial charge < -0.3 is 5.11 Å². The van der Waals surface area contributed by atoms with Crippen LogP contribution >= 0.6 is 0 Å². The Balaban J connectivity index is 3.86. The van der Waals surface area contributed by atoms with Crippen LogP contribution in [0.5, 0.6) is 0 Å². The molecule has 0 amide bonds. The van der Waals surface area contributed by atoms with Crippen LogP contribution in [0, 0.1) is 11.3 Å². The molecule has 0 aliphatic rings. The lowest BCUT2D eigenvalue weighted by Gasteiger charge is -2.18. The molecule has 0 bridgehead atoms. The lowest BCUT2D eigenvalue weighted by molar-refractivity contribution is -0.122. The van der Waals surface area contributed by atoms with Crippen LogP contribution in [0.15, 0.2) is 0 Å². The molecule has 2 heteroatoms. The Bertz CT molecular complexity index is 152. The number of aliphatic hydroxyl groups is 1. The van der Waals surface area contributed by atoms with Gasteiger partial charge in [0.25, 0.3) is 0 Å². The molecular formula is C11H22O2. The smallest absolute Gasteiger partial charge is 0.133 e. The molecule has 0 saturated heterocycles. The first-order valence-corrected chi connectivity index (χ1v) is 5.01. The highest BCUT2D eigenvalue weighted by atomic mass is 16.3. The maximum atomic E-state index is 11.5. The van der Waals surface area contributed by atoms with Crippen molar-refractivity contribution in [2.75, 3.05) is 6.61 Å². The average Bonchev–Trinajstić information content (AvgIpc) is 1.96. The number of ketones is 1. The average molecular weight is 186 g/mol. The molecule has 0 aromatic rings. The molecule has 78 valence electrons. The van der Waals surface area contributed by atoms with Gasteiger partial charge in [-0.15, -0.1) is 0 Å². The monoisotopic (exact) mass is 186 g/mol. The highest BCUT2D eigenvalue weighted by molar-refractivity contribution is 5.79. The fourth-order valence-electron chi connectivity index (χ4n) is 1.32. The van der Waals surface area contributed by atoms with Crippen LogP contribution in [0.4, 0.5) is 0 Å². The third kappa shape index (κ3) is 6.76. The fraction of sp³-hybridized carbons (Fsp3) is 0.909. The van der Waals surface area contributed by atoms with Crippen LogP contribution in [0.3, 0.4) is 0 Å². The molecule has 1 N–H and O–H groups in total. The van der Waals surface area contributed by atoms with Crippen molar-refractivity contribution in [3.8, 4) is 0 Å². The summed E-state index contributed by atoms with van der Waals surface area (Å²) >= 11 is 0. The molecule has 2 nitrogen and oxygen atoms in total. The van der Waals surface area contributed by atoms with Gasteiger partial charge in [-0.3, -0.25) is 4.79 Å². The number of Topliss-reactive ketones (excluding diaryl/α,β-unsaturated/α-hetero) is 1. The molecule has 0 aromatic heterocycles. The van der Waals surface area contributed by atoms with E-state index in [2.05, 4.69) is 20.8 Å². The van der Waals surface area contributed by atoms with Gasteiger partial charge in [0.1, 0.15) is 5.78 Å². The standard InChI is InChI=1S/C11H22O2/c1-5-9(8-12)6-10(13)7-11(2,3)4/h9,12H,5-8H2,1-4H3. The van der Waals surface area contributed by atoms with Crippen molar-refractivity contribution in [1.82, 2.24) is 0 Å². The zero-order valence-electron chi connectivity index (χ0n) is 9.26. The van der Waals surface area contributed by atoms with Crippen molar-refractivity contribution in [2.45, 2.75) is 47.0 Å². The molecule has 0 saturated carbocycles. The van der Waals surface area contributed by atoms with Gasteiger partial charge in [0, 0.05) is 19.4 Å². The van der Waals surface area contributed by atoms with E-state index in [9.17, 15) is 4.79 Å². The van der Waals surface area contributed by atoms with E-state index in [0.717, 1.165) is 6.42 Å². The minimum Gasteiger partial charge on any atom is -0.396 e. The Morgan fingerprint density at radius 1 is 1.38 bits per heavy atom. The van der Waals surface area contributed by atoms with E-state index in [-0.39, 0.29) is 23.7 Å². The predicted molar refractivity (Wildman–Crippen MR) is 54.6 cm³/mol. The van der Waals surface area contributed by atoms with E-state index < -0.39 is 0 Å². The Hall–Kier alpha value is -0.370.